The first-order valence-electron chi connectivity index (χ1n) is 5.64. The normalized spacial score (nSPS) is 13.6. The van der Waals surface area contributed by atoms with E-state index in [1.807, 2.05) is 6.07 Å². The summed E-state index contributed by atoms with van der Waals surface area (Å²) in [5.74, 6) is -0.950. The van der Waals surface area contributed by atoms with Crippen LogP contribution in [0, 0.1) is 0 Å². The van der Waals surface area contributed by atoms with E-state index in [2.05, 4.69) is 22.3 Å². The zero-order valence-electron chi connectivity index (χ0n) is 9.23. The Balaban J connectivity index is 2.09. The second-order valence-electron chi connectivity index (χ2n) is 4.30. The zero-order chi connectivity index (χ0) is 11.8. The largest absolute Gasteiger partial charge is 0.478 e. The van der Waals surface area contributed by atoms with Crippen LogP contribution in [0.4, 0.5) is 0 Å². The summed E-state index contributed by atoms with van der Waals surface area (Å²) in [6, 6.07) is 6.12. The number of carboxylic acid groups (broad SMARTS) is 1. The van der Waals surface area contributed by atoms with Crippen molar-refractivity contribution in [2.45, 2.75) is 19.3 Å². The minimum atomic E-state index is -0.950. The maximum Gasteiger partial charge on any atom is 0.339 e. The van der Waals surface area contributed by atoms with Gasteiger partial charge in [-0.15, -0.1) is 0 Å². The summed E-state index contributed by atoms with van der Waals surface area (Å²) in [7, 11) is 0. The number of nitrogens with one attached hydrogen (secondary N) is 1. The van der Waals surface area contributed by atoms with Crippen LogP contribution in [0.5, 0.6) is 0 Å². The van der Waals surface area contributed by atoms with E-state index < -0.39 is 5.97 Å². The highest BCUT2D eigenvalue weighted by molar-refractivity contribution is 5.94. The molecule has 4 nitrogen and oxygen atoms in total. The molecule has 1 heterocycles. The lowest BCUT2D eigenvalue weighted by molar-refractivity contribution is 0.0698. The molecule has 0 atom stereocenters. The number of fused-ring (bicyclic) bond motifs is 1. The fourth-order valence-electron chi connectivity index (χ4n) is 2.40. The third-order valence-corrected chi connectivity index (χ3v) is 3.26. The number of benzene rings is 1. The summed E-state index contributed by atoms with van der Waals surface area (Å²) in [6.45, 7) is 0. The third-order valence-electron chi connectivity index (χ3n) is 3.26. The minimum absolute atomic E-state index is 0.225. The number of aromatic carboxylic acids is 1. The van der Waals surface area contributed by atoms with Crippen molar-refractivity contribution in [3.63, 3.8) is 0 Å². The predicted molar refractivity (Wildman–Crippen MR) is 63.0 cm³/mol. The van der Waals surface area contributed by atoms with Gasteiger partial charge in [0.1, 0.15) is 5.56 Å². The third kappa shape index (κ3) is 1.62. The lowest BCUT2D eigenvalue weighted by atomic mass is 10.0. The lowest BCUT2D eigenvalue weighted by Gasteiger charge is -2.04. The van der Waals surface area contributed by atoms with Gasteiger partial charge in [0.15, 0.2) is 0 Å². The van der Waals surface area contributed by atoms with Crippen molar-refractivity contribution in [3.8, 4) is 11.3 Å². The smallest absolute Gasteiger partial charge is 0.339 e. The summed E-state index contributed by atoms with van der Waals surface area (Å²) in [5, 5.41) is 15.6. The molecule has 0 unspecified atom stereocenters. The van der Waals surface area contributed by atoms with Crippen molar-refractivity contribution in [1.29, 1.82) is 0 Å². The average Bonchev–Trinajstić information content (AvgIpc) is 2.96. The van der Waals surface area contributed by atoms with E-state index >= 15 is 0 Å². The summed E-state index contributed by atoms with van der Waals surface area (Å²) in [6.07, 6.45) is 4.75. The molecule has 0 aliphatic heterocycles. The van der Waals surface area contributed by atoms with Gasteiger partial charge in [-0.1, -0.05) is 12.1 Å². The standard InChI is InChI=1S/C13H12N2O2/c16-13(17)11-7-14-15-12(11)10-5-4-8-2-1-3-9(8)6-10/h4-7H,1-3H2,(H,14,15)(H,16,17). The van der Waals surface area contributed by atoms with Crippen molar-refractivity contribution in [2.75, 3.05) is 0 Å². The topological polar surface area (TPSA) is 66.0 Å². The zero-order valence-corrected chi connectivity index (χ0v) is 9.23. The Morgan fingerprint density at radius 1 is 1.29 bits per heavy atom. The number of aryl methyl sites for hydroxylation is 2. The Morgan fingerprint density at radius 2 is 2.12 bits per heavy atom. The van der Waals surface area contributed by atoms with Crippen LogP contribution in [0.1, 0.15) is 27.9 Å². The molecule has 1 aliphatic rings. The van der Waals surface area contributed by atoms with Gasteiger partial charge in [-0.05, 0) is 36.5 Å². The van der Waals surface area contributed by atoms with E-state index in [1.165, 1.54) is 23.7 Å². The van der Waals surface area contributed by atoms with Crippen LogP contribution < -0.4 is 0 Å². The molecule has 2 aromatic rings. The Hall–Kier alpha value is -2.10. The van der Waals surface area contributed by atoms with E-state index in [0.29, 0.717) is 5.69 Å². The summed E-state index contributed by atoms with van der Waals surface area (Å²) < 4.78 is 0. The molecule has 0 saturated carbocycles. The van der Waals surface area contributed by atoms with Crippen molar-refractivity contribution in [3.05, 3.63) is 41.1 Å². The predicted octanol–water partition coefficient (Wildman–Crippen LogP) is 2.26. The molecule has 1 aliphatic carbocycles. The second kappa shape index (κ2) is 3.73. The van der Waals surface area contributed by atoms with Gasteiger partial charge in [0.05, 0.1) is 11.9 Å². The van der Waals surface area contributed by atoms with Gasteiger partial charge < -0.3 is 5.11 Å². The fraction of sp³-hybridized carbons (Fsp3) is 0.231. The quantitative estimate of drug-likeness (QED) is 0.828. The molecule has 2 N–H and O–H groups in total. The van der Waals surface area contributed by atoms with Crippen LogP contribution >= 0.6 is 0 Å². The first kappa shape index (κ1) is 10.1. The molecular weight excluding hydrogens is 216 g/mol. The Kier molecular flexibility index (Phi) is 2.21. The van der Waals surface area contributed by atoms with E-state index in [0.717, 1.165) is 18.4 Å². The number of hydrogen-bond acceptors (Lipinski definition) is 2. The first-order valence-corrected chi connectivity index (χ1v) is 5.64. The number of carbonyl (C=O) groups is 1. The number of hydrogen-bond donors (Lipinski definition) is 2. The van der Waals surface area contributed by atoms with Crippen molar-refractivity contribution < 1.29 is 9.90 Å². The number of aromatic amines is 1. The molecular formula is C13H12N2O2. The maximum absolute atomic E-state index is 11.0. The highest BCUT2D eigenvalue weighted by Gasteiger charge is 2.16. The Morgan fingerprint density at radius 3 is 2.94 bits per heavy atom. The van der Waals surface area contributed by atoms with Gasteiger partial charge in [-0.2, -0.15) is 5.10 Å². The number of nitrogens with zero attached hydrogens (tertiary/aromatic N) is 1. The van der Waals surface area contributed by atoms with Crippen LogP contribution in [0.25, 0.3) is 11.3 Å². The molecule has 17 heavy (non-hydrogen) atoms. The van der Waals surface area contributed by atoms with E-state index in [9.17, 15) is 4.79 Å². The van der Waals surface area contributed by atoms with Crippen LogP contribution in [-0.4, -0.2) is 21.3 Å². The number of carboxylic acids is 1. The van der Waals surface area contributed by atoms with Crippen molar-refractivity contribution in [1.82, 2.24) is 10.2 Å². The molecule has 1 aromatic carbocycles. The first-order chi connectivity index (χ1) is 8.25. The van der Waals surface area contributed by atoms with Crippen molar-refractivity contribution >= 4 is 5.97 Å². The molecule has 1 aromatic heterocycles. The second-order valence-corrected chi connectivity index (χ2v) is 4.30. The van der Waals surface area contributed by atoms with E-state index in [4.69, 9.17) is 5.11 Å². The summed E-state index contributed by atoms with van der Waals surface area (Å²) >= 11 is 0. The van der Waals surface area contributed by atoms with Gasteiger partial charge in [0.25, 0.3) is 0 Å². The molecule has 0 radical (unpaired) electrons. The van der Waals surface area contributed by atoms with Crippen LogP contribution in [0.2, 0.25) is 0 Å². The van der Waals surface area contributed by atoms with Gasteiger partial charge in [-0.25, -0.2) is 4.79 Å². The molecule has 0 spiro atoms. The van der Waals surface area contributed by atoms with Gasteiger partial charge >= 0.3 is 5.97 Å². The lowest BCUT2D eigenvalue weighted by Crippen LogP contribution is -1.97. The monoisotopic (exact) mass is 228 g/mol. The Labute approximate surface area is 98.3 Å². The molecule has 0 saturated heterocycles. The number of H-pyrrole nitrogens is 1. The van der Waals surface area contributed by atoms with Crippen LogP contribution in [0.3, 0.4) is 0 Å². The maximum atomic E-state index is 11.0. The van der Waals surface area contributed by atoms with Gasteiger partial charge in [0.2, 0.25) is 0 Å². The molecule has 3 rings (SSSR count). The number of rotatable bonds is 2. The molecule has 0 fully saturated rings. The average molecular weight is 228 g/mol. The summed E-state index contributed by atoms with van der Waals surface area (Å²) in [4.78, 5) is 11.0. The SMILES string of the molecule is O=C(O)c1cn[nH]c1-c1ccc2c(c1)CCC2. The molecule has 0 amide bonds. The molecule has 0 bridgehead atoms. The van der Waals surface area contributed by atoms with Gasteiger partial charge in [-0.3, -0.25) is 5.10 Å². The van der Waals surface area contributed by atoms with Crippen LogP contribution in [0.15, 0.2) is 24.4 Å². The highest BCUT2D eigenvalue weighted by Crippen LogP contribution is 2.28. The Bertz CT molecular complexity index is 587. The molecule has 4 heteroatoms. The minimum Gasteiger partial charge on any atom is -0.478 e. The highest BCUT2D eigenvalue weighted by atomic mass is 16.4. The van der Waals surface area contributed by atoms with E-state index in [-0.39, 0.29) is 5.56 Å². The van der Waals surface area contributed by atoms with Gasteiger partial charge in [0, 0.05) is 5.56 Å². The fourth-order valence-corrected chi connectivity index (χ4v) is 2.40. The van der Waals surface area contributed by atoms with Crippen molar-refractivity contribution in [2.24, 2.45) is 0 Å². The number of aromatic nitrogens is 2. The summed E-state index contributed by atoms with van der Waals surface area (Å²) in [5.41, 5.74) is 4.43. The molecule has 86 valence electrons. The van der Waals surface area contributed by atoms with E-state index in [1.54, 1.807) is 0 Å². The van der Waals surface area contributed by atoms with Crippen LogP contribution in [-0.2, 0) is 12.8 Å².